The van der Waals surface area contributed by atoms with Crippen LogP contribution in [0.3, 0.4) is 0 Å². The van der Waals surface area contributed by atoms with Crippen molar-refractivity contribution in [3.05, 3.63) is 23.8 Å². The van der Waals surface area contributed by atoms with Crippen LogP contribution in [-0.4, -0.2) is 83.3 Å². The molecule has 0 aromatic heterocycles. The SMILES string of the molecule is C/C=C/C(=O)C[C@@H]1CC[C@H](C)[C@@H](CC(=O)NC[C@@H](O)[C@@H](C)C(=O)NCCC[C@H]2O[C@@]3(CCC[C@@H](CC[C@H](C)/C=C(\C)[C@H](C)O)O3)CC[C@@H]2C)O1. The summed E-state index contributed by atoms with van der Waals surface area (Å²) in [6.45, 7) is 14.2. The fourth-order valence-electron chi connectivity index (χ4n) is 7.51. The Morgan fingerprint density at radius 3 is 2.36 bits per heavy atom. The van der Waals surface area contributed by atoms with Crippen molar-refractivity contribution >= 4 is 17.6 Å². The Morgan fingerprint density at radius 1 is 0.900 bits per heavy atom. The van der Waals surface area contributed by atoms with Gasteiger partial charge in [-0.3, -0.25) is 14.4 Å². The van der Waals surface area contributed by atoms with Crippen LogP contribution < -0.4 is 10.6 Å². The lowest BCUT2D eigenvalue weighted by molar-refractivity contribution is -0.324. The molecule has 10 heteroatoms. The number of carbonyl (C=O) groups is 3. The highest BCUT2D eigenvalue weighted by molar-refractivity contribution is 5.89. The number of rotatable bonds is 18. The van der Waals surface area contributed by atoms with E-state index in [1.54, 1.807) is 26.0 Å². The fraction of sp³-hybridized carbons (Fsp3) is 0.825. The maximum Gasteiger partial charge on any atom is 0.225 e. The van der Waals surface area contributed by atoms with Gasteiger partial charge in [0, 0.05) is 32.4 Å². The Morgan fingerprint density at radius 2 is 1.64 bits per heavy atom. The summed E-state index contributed by atoms with van der Waals surface area (Å²) in [7, 11) is 0. The third-order valence-electron chi connectivity index (χ3n) is 11.2. The molecule has 3 aliphatic rings. The van der Waals surface area contributed by atoms with Crippen molar-refractivity contribution < 1.29 is 38.8 Å². The minimum absolute atomic E-state index is 0.0223. The summed E-state index contributed by atoms with van der Waals surface area (Å²) in [5.74, 6) is -0.680. The van der Waals surface area contributed by atoms with E-state index in [-0.39, 0.29) is 60.9 Å². The van der Waals surface area contributed by atoms with Crippen molar-refractivity contribution in [3.63, 3.8) is 0 Å². The van der Waals surface area contributed by atoms with E-state index in [1.807, 2.05) is 20.8 Å². The highest BCUT2D eigenvalue weighted by atomic mass is 16.7. The van der Waals surface area contributed by atoms with E-state index in [0.717, 1.165) is 76.2 Å². The molecular weight excluding hydrogens is 636 g/mol. The summed E-state index contributed by atoms with van der Waals surface area (Å²) in [6.07, 6.45) is 14.5. The van der Waals surface area contributed by atoms with Gasteiger partial charge in [-0.05, 0) is 108 Å². The molecule has 2 amide bonds. The molecule has 0 unspecified atom stereocenters. The fourth-order valence-corrected chi connectivity index (χ4v) is 7.51. The highest BCUT2D eigenvalue weighted by Crippen LogP contribution is 2.43. The molecule has 11 atom stereocenters. The second kappa shape index (κ2) is 20.8. The predicted molar refractivity (Wildman–Crippen MR) is 195 cm³/mol. The van der Waals surface area contributed by atoms with Gasteiger partial charge >= 0.3 is 0 Å². The summed E-state index contributed by atoms with van der Waals surface area (Å²) >= 11 is 0. The number of hydrogen-bond donors (Lipinski definition) is 4. The van der Waals surface area contributed by atoms with E-state index >= 15 is 0 Å². The summed E-state index contributed by atoms with van der Waals surface area (Å²) in [4.78, 5) is 37.6. The number of aliphatic hydroxyl groups is 2. The minimum atomic E-state index is -1.02. The van der Waals surface area contributed by atoms with Crippen LogP contribution >= 0.6 is 0 Å². The van der Waals surface area contributed by atoms with E-state index < -0.39 is 23.9 Å². The Bertz CT molecular complexity index is 1140. The zero-order chi connectivity index (χ0) is 36.8. The van der Waals surface area contributed by atoms with Crippen molar-refractivity contribution in [2.75, 3.05) is 13.1 Å². The predicted octanol–water partition coefficient (Wildman–Crippen LogP) is 5.93. The average molecular weight is 705 g/mol. The Balaban J connectivity index is 1.36. The summed E-state index contributed by atoms with van der Waals surface area (Å²) in [5.41, 5.74) is 1.01. The van der Waals surface area contributed by atoms with Gasteiger partial charge in [-0.15, -0.1) is 0 Å². The highest BCUT2D eigenvalue weighted by Gasteiger charge is 2.44. The second-order valence-corrected chi connectivity index (χ2v) is 15.7. The van der Waals surface area contributed by atoms with Crippen LogP contribution in [0.5, 0.6) is 0 Å². The first-order valence-corrected chi connectivity index (χ1v) is 19.5. The van der Waals surface area contributed by atoms with Crippen LogP contribution in [0.4, 0.5) is 0 Å². The maximum atomic E-state index is 12.9. The van der Waals surface area contributed by atoms with Crippen molar-refractivity contribution in [3.8, 4) is 0 Å². The third kappa shape index (κ3) is 13.8. The molecule has 1 spiro atoms. The molecule has 286 valence electrons. The van der Waals surface area contributed by atoms with Crippen LogP contribution in [0, 0.1) is 23.7 Å². The summed E-state index contributed by atoms with van der Waals surface area (Å²) in [5, 5.41) is 26.2. The number of ether oxygens (including phenoxy) is 3. The quantitative estimate of drug-likeness (QED) is 0.0782. The van der Waals surface area contributed by atoms with Crippen molar-refractivity contribution in [2.45, 2.75) is 174 Å². The van der Waals surface area contributed by atoms with Gasteiger partial charge in [-0.1, -0.05) is 39.8 Å². The summed E-state index contributed by atoms with van der Waals surface area (Å²) < 4.78 is 19.5. The monoisotopic (exact) mass is 704 g/mol. The van der Waals surface area contributed by atoms with Gasteiger partial charge in [0.25, 0.3) is 0 Å². The van der Waals surface area contributed by atoms with Crippen LogP contribution in [-0.2, 0) is 28.6 Å². The topological polar surface area (TPSA) is 143 Å². The minimum Gasteiger partial charge on any atom is -0.390 e. The maximum absolute atomic E-state index is 12.9. The Hall–Kier alpha value is -2.11. The molecule has 3 fully saturated rings. The second-order valence-electron chi connectivity index (χ2n) is 15.7. The van der Waals surface area contributed by atoms with Crippen LogP contribution in [0.25, 0.3) is 0 Å². The van der Waals surface area contributed by atoms with E-state index in [4.69, 9.17) is 14.2 Å². The molecule has 10 nitrogen and oxygen atoms in total. The van der Waals surface area contributed by atoms with Gasteiger partial charge in [0.05, 0.1) is 49.0 Å². The molecule has 0 aromatic carbocycles. The molecule has 0 saturated carbocycles. The normalized spacial score (nSPS) is 31.6. The zero-order valence-electron chi connectivity index (χ0n) is 32.0. The number of hydrogen-bond acceptors (Lipinski definition) is 8. The number of aliphatic hydroxyl groups excluding tert-OH is 2. The van der Waals surface area contributed by atoms with Crippen molar-refractivity contribution in [1.82, 2.24) is 10.6 Å². The van der Waals surface area contributed by atoms with E-state index in [1.165, 1.54) is 0 Å². The number of allylic oxidation sites excluding steroid dienone is 3. The third-order valence-corrected chi connectivity index (χ3v) is 11.2. The first kappa shape index (κ1) is 42.3. The lowest BCUT2D eigenvalue weighted by Gasteiger charge is -2.48. The Labute approximate surface area is 301 Å². The molecule has 3 aliphatic heterocycles. The number of amides is 2. The molecule has 3 saturated heterocycles. The van der Waals surface area contributed by atoms with Crippen LogP contribution in [0.2, 0.25) is 0 Å². The van der Waals surface area contributed by atoms with Crippen molar-refractivity contribution in [2.24, 2.45) is 23.7 Å². The number of nitrogens with one attached hydrogen (secondary N) is 2. The smallest absolute Gasteiger partial charge is 0.225 e. The molecule has 0 bridgehead atoms. The standard InChI is InChI=1S/C40H68N2O8/c1-8-11-32(44)23-34-17-15-27(3)37(48-34)24-38(46)42-25-35(45)30(6)39(47)41-21-10-13-36-28(4)18-20-40(50-36)19-9-12-33(49-40)16-14-26(2)22-29(5)31(7)43/h8,11,22,26-28,30-31,33-37,43,45H,9-10,12-21,23-25H2,1-7H3,(H,41,47)(H,42,46)/b11-8+,29-22+/t26-,27-,28-,30+,31-,33-,34-,35+,36+,37+,40-/m0/s1. The first-order chi connectivity index (χ1) is 23.7. The van der Waals surface area contributed by atoms with E-state index in [0.29, 0.717) is 24.8 Å². The number of carbonyl (C=O) groups excluding carboxylic acids is 3. The molecule has 3 heterocycles. The van der Waals surface area contributed by atoms with Gasteiger partial charge in [0.2, 0.25) is 11.8 Å². The summed E-state index contributed by atoms with van der Waals surface area (Å²) in [6, 6.07) is 0. The molecule has 4 N–H and O–H groups in total. The lowest BCUT2D eigenvalue weighted by Crippen LogP contribution is -2.50. The molecule has 3 rings (SSSR count). The first-order valence-electron chi connectivity index (χ1n) is 19.5. The van der Waals surface area contributed by atoms with Gasteiger partial charge in [-0.2, -0.15) is 0 Å². The molecule has 0 aliphatic carbocycles. The van der Waals surface area contributed by atoms with Crippen LogP contribution in [0.1, 0.15) is 132 Å². The van der Waals surface area contributed by atoms with Gasteiger partial charge in [0.15, 0.2) is 11.6 Å². The zero-order valence-corrected chi connectivity index (χ0v) is 32.0. The van der Waals surface area contributed by atoms with Gasteiger partial charge < -0.3 is 35.1 Å². The largest absolute Gasteiger partial charge is 0.390 e. The van der Waals surface area contributed by atoms with Gasteiger partial charge in [-0.25, -0.2) is 0 Å². The molecule has 0 aromatic rings. The Kier molecular flexibility index (Phi) is 17.6. The molecule has 0 radical (unpaired) electrons. The molecular formula is C40H68N2O8. The van der Waals surface area contributed by atoms with Crippen molar-refractivity contribution in [1.29, 1.82) is 0 Å². The average Bonchev–Trinajstić information content (AvgIpc) is 3.07. The van der Waals surface area contributed by atoms with E-state index in [9.17, 15) is 24.6 Å². The van der Waals surface area contributed by atoms with E-state index in [2.05, 4.69) is 30.6 Å². The molecule has 50 heavy (non-hydrogen) atoms. The lowest BCUT2D eigenvalue weighted by atomic mass is 9.85. The van der Waals surface area contributed by atoms with Gasteiger partial charge in [0.1, 0.15) is 0 Å². The number of ketones is 1. The van der Waals surface area contributed by atoms with Crippen LogP contribution in [0.15, 0.2) is 23.8 Å².